The van der Waals surface area contributed by atoms with Crippen LogP contribution in [0.4, 0.5) is 11.4 Å². The zero-order valence-electron chi connectivity index (χ0n) is 17.3. The van der Waals surface area contributed by atoms with Gasteiger partial charge < -0.3 is 5.32 Å². The van der Waals surface area contributed by atoms with Crippen molar-refractivity contribution in [2.24, 2.45) is 23.7 Å². The number of amides is 3. The molecule has 5 heteroatoms. The van der Waals surface area contributed by atoms with Gasteiger partial charge in [-0.25, -0.2) is 4.90 Å². The Morgan fingerprint density at radius 2 is 1.70 bits per heavy atom. The van der Waals surface area contributed by atoms with Gasteiger partial charge in [-0.2, -0.15) is 0 Å². The van der Waals surface area contributed by atoms with Crippen molar-refractivity contribution in [1.82, 2.24) is 0 Å². The standard InChI is InChI=1S/C25H24N2O3/c1-13-8-9-17(11-14(13)2)26-23(28)18-6-4-5-7-20(18)27-24(29)21-16-10-15(3)19(12-16)22(21)25(27)30/h4-11,16,19,21-22H,12H2,1-3H3,(H,26,28)/t16-,19-,21+,22+/m1/s1. The van der Waals surface area contributed by atoms with Gasteiger partial charge in [-0.05, 0) is 74.4 Å². The quantitative estimate of drug-likeness (QED) is 0.618. The maximum absolute atomic E-state index is 13.3. The summed E-state index contributed by atoms with van der Waals surface area (Å²) in [6, 6.07) is 12.6. The molecule has 2 aliphatic carbocycles. The van der Waals surface area contributed by atoms with Gasteiger partial charge in [0.05, 0.1) is 23.1 Å². The molecule has 1 aliphatic heterocycles. The fraction of sp³-hybridized carbons (Fsp3) is 0.320. The van der Waals surface area contributed by atoms with Crippen molar-refractivity contribution in [1.29, 1.82) is 0 Å². The fourth-order valence-electron chi connectivity index (χ4n) is 5.39. The first-order valence-corrected chi connectivity index (χ1v) is 10.4. The molecule has 2 fully saturated rings. The molecular formula is C25H24N2O3. The number of nitrogens with zero attached hydrogens (tertiary/aromatic N) is 1. The highest BCUT2D eigenvalue weighted by atomic mass is 16.2. The lowest BCUT2D eigenvalue weighted by molar-refractivity contribution is -0.123. The van der Waals surface area contributed by atoms with Crippen molar-refractivity contribution in [2.45, 2.75) is 27.2 Å². The average molecular weight is 400 g/mol. The first-order chi connectivity index (χ1) is 14.4. The van der Waals surface area contributed by atoms with Crippen LogP contribution in [0.1, 0.15) is 34.8 Å². The molecule has 4 atom stereocenters. The molecule has 2 aromatic carbocycles. The smallest absolute Gasteiger partial charge is 0.257 e. The summed E-state index contributed by atoms with van der Waals surface area (Å²) in [4.78, 5) is 40.9. The number of anilines is 2. The predicted molar refractivity (Wildman–Crippen MR) is 115 cm³/mol. The molecule has 2 aromatic rings. The largest absolute Gasteiger partial charge is 0.322 e. The van der Waals surface area contributed by atoms with Crippen LogP contribution in [0, 0.1) is 37.5 Å². The molecule has 1 N–H and O–H groups in total. The fourth-order valence-corrected chi connectivity index (χ4v) is 5.39. The topological polar surface area (TPSA) is 66.5 Å². The number of imide groups is 1. The van der Waals surface area contributed by atoms with Crippen LogP contribution in [0.15, 0.2) is 54.1 Å². The minimum Gasteiger partial charge on any atom is -0.322 e. The molecule has 152 valence electrons. The van der Waals surface area contributed by atoms with Crippen LogP contribution in [0.25, 0.3) is 0 Å². The van der Waals surface area contributed by atoms with E-state index in [0.717, 1.165) is 17.5 Å². The second-order valence-corrected chi connectivity index (χ2v) is 8.75. The van der Waals surface area contributed by atoms with E-state index >= 15 is 0 Å². The number of rotatable bonds is 3. The third-order valence-electron chi connectivity index (χ3n) is 7.04. The van der Waals surface area contributed by atoms with Gasteiger partial charge in [0.1, 0.15) is 0 Å². The number of hydrogen-bond acceptors (Lipinski definition) is 3. The van der Waals surface area contributed by atoms with E-state index in [1.165, 1.54) is 10.5 Å². The lowest BCUT2D eigenvalue weighted by Gasteiger charge is -2.20. The highest BCUT2D eigenvalue weighted by Crippen LogP contribution is 2.56. The van der Waals surface area contributed by atoms with Crippen molar-refractivity contribution in [3.63, 3.8) is 0 Å². The van der Waals surface area contributed by atoms with Crippen molar-refractivity contribution < 1.29 is 14.4 Å². The van der Waals surface area contributed by atoms with E-state index in [1.54, 1.807) is 24.3 Å². The first-order valence-electron chi connectivity index (χ1n) is 10.4. The molecule has 1 saturated heterocycles. The number of aryl methyl sites for hydroxylation is 2. The third kappa shape index (κ3) is 2.65. The van der Waals surface area contributed by atoms with Crippen LogP contribution >= 0.6 is 0 Å². The van der Waals surface area contributed by atoms with Crippen molar-refractivity contribution in [3.8, 4) is 0 Å². The highest BCUT2D eigenvalue weighted by Gasteiger charge is 2.61. The number of hydrogen-bond donors (Lipinski definition) is 1. The van der Waals surface area contributed by atoms with Crippen molar-refractivity contribution in [3.05, 3.63) is 70.8 Å². The van der Waals surface area contributed by atoms with Crippen molar-refractivity contribution in [2.75, 3.05) is 10.2 Å². The second-order valence-electron chi connectivity index (χ2n) is 8.75. The molecule has 5 nitrogen and oxygen atoms in total. The predicted octanol–water partition coefficient (Wildman–Crippen LogP) is 4.26. The van der Waals surface area contributed by atoms with E-state index in [9.17, 15) is 14.4 Å². The Morgan fingerprint density at radius 3 is 2.47 bits per heavy atom. The summed E-state index contributed by atoms with van der Waals surface area (Å²) in [6.45, 7) is 6.05. The summed E-state index contributed by atoms with van der Waals surface area (Å²) in [5.74, 6) is -0.964. The first kappa shape index (κ1) is 18.8. The van der Waals surface area contributed by atoms with Crippen LogP contribution in [-0.4, -0.2) is 17.7 Å². The number of nitrogens with one attached hydrogen (secondary N) is 1. The molecule has 30 heavy (non-hydrogen) atoms. The Balaban J connectivity index is 1.47. The molecule has 5 rings (SSSR count). The Morgan fingerprint density at radius 1 is 0.967 bits per heavy atom. The average Bonchev–Trinajstić information content (AvgIpc) is 3.35. The Kier molecular flexibility index (Phi) is 4.17. The minimum absolute atomic E-state index is 0.137. The maximum atomic E-state index is 13.3. The van der Waals surface area contributed by atoms with Gasteiger partial charge in [-0.3, -0.25) is 14.4 Å². The molecular weight excluding hydrogens is 376 g/mol. The zero-order chi connectivity index (χ0) is 21.2. The maximum Gasteiger partial charge on any atom is 0.257 e. The Hall–Kier alpha value is -3.21. The third-order valence-corrected chi connectivity index (χ3v) is 7.04. The summed E-state index contributed by atoms with van der Waals surface area (Å²) >= 11 is 0. The van der Waals surface area contributed by atoms with Gasteiger partial charge in [0, 0.05) is 5.69 Å². The molecule has 0 spiro atoms. The van der Waals surface area contributed by atoms with Crippen LogP contribution in [-0.2, 0) is 9.59 Å². The Labute approximate surface area is 175 Å². The van der Waals surface area contributed by atoms with Crippen molar-refractivity contribution >= 4 is 29.1 Å². The lowest BCUT2D eigenvalue weighted by Crippen LogP contribution is -2.34. The number of benzene rings is 2. The normalized spacial score (nSPS) is 26.8. The monoisotopic (exact) mass is 400 g/mol. The van der Waals surface area contributed by atoms with E-state index in [2.05, 4.69) is 11.4 Å². The van der Waals surface area contributed by atoms with E-state index in [1.807, 2.05) is 39.0 Å². The molecule has 0 radical (unpaired) electrons. The summed E-state index contributed by atoms with van der Waals surface area (Å²) < 4.78 is 0. The second kappa shape index (κ2) is 6.66. The number of allylic oxidation sites excluding steroid dienone is 2. The van der Waals surface area contributed by atoms with Crippen LogP contribution in [0.5, 0.6) is 0 Å². The molecule has 1 heterocycles. The summed E-state index contributed by atoms with van der Waals surface area (Å²) in [7, 11) is 0. The van der Waals surface area contributed by atoms with E-state index in [-0.39, 0.29) is 41.4 Å². The van der Waals surface area contributed by atoms with E-state index < -0.39 is 0 Å². The minimum atomic E-state index is -0.330. The summed E-state index contributed by atoms with van der Waals surface area (Å²) in [5.41, 5.74) is 4.83. The summed E-state index contributed by atoms with van der Waals surface area (Å²) in [5, 5.41) is 2.91. The van der Waals surface area contributed by atoms with Gasteiger partial charge in [0.2, 0.25) is 11.8 Å². The number of fused-ring (bicyclic) bond motifs is 5. The SMILES string of the molecule is CC1=C[C@@H]2C[C@H]1[C@@H]1C(=O)N(c3ccccc3C(=O)Nc3ccc(C)c(C)c3)C(=O)[C@H]12. The van der Waals surface area contributed by atoms with Gasteiger partial charge in [0.25, 0.3) is 5.91 Å². The van der Waals surface area contributed by atoms with Gasteiger partial charge >= 0.3 is 0 Å². The van der Waals surface area contributed by atoms with E-state index in [0.29, 0.717) is 16.9 Å². The number of carbonyl (C=O) groups excluding carboxylic acids is 3. The van der Waals surface area contributed by atoms with Crippen LogP contribution in [0.3, 0.4) is 0 Å². The van der Waals surface area contributed by atoms with Crippen LogP contribution in [0.2, 0.25) is 0 Å². The lowest BCUT2D eigenvalue weighted by atomic mass is 9.82. The van der Waals surface area contributed by atoms with Crippen LogP contribution < -0.4 is 10.2 Å². The molecule has 2 bridgehead atoms. The molecule has 1 saturated carbocycles. The Bertz CT molecular complexity index is 1130. The highest BCUT2D eigenvalue weighted by molar-refractivity contribution is 6.25. The summed E-state index contributed by atoms with van der Waals surface area (Å²) in [6.07, 6.45) is 3.04. The zero-order valence-corrected chi connectivity index (χ0v) is 17.3. The molecule has 0 unspecified atom stereocenters. The van der Waals surface area contributed by atoms with Gasteiger partial charge in [-0.15, -0.1) is 0 Å². The number of para-hydroxylation sites is 1. The number of carbonyl (C=O) groups is 3. The van der Waals surface area contributed by atoms with E-state index in [4.69, 9.17) is 0 Å². The molecule has 3 amide bonds. The molecule has 0 aromatic heterocycles. The molecule has 3 aliphatic rings. The van der Waals surface area contributed by atoms with Gasteiger partial charge in [0.15, 0.2) is 0 Å². The van der Waals surface area contributed by atoms with Gasteiger partial charge in [-0.1, -0.05) is 29.8 Å².